The van der Waals surface area contributed by atoms with E-state index in [1.165, 1.54) is 37.2 Å². The Morgan fingerprint density at radius 2 is 1.16 bits per heavy atom. The summed E-state index contributed by atoms with van der Waals surface area (Å²) in [7, 11) is 0. The van der Waals surface area contributed by atoms with Crippen molar-refractivity contribution in [3.05, 3.63) is 185 Å². The van der Waals surface area contributed by atoms with Crippen molar-refractivity contribution in [2.75, 3.05) is 0 Å². The van der Waals surface area contributed by atoms with Crippen LogP contribution in [0.25, 0.3) is 22.3 Å². The third-order valence-electron chi connectivity index (χ3n) is 7.26. The first-order valence-electron chi connectivity index (χ1n) is 14.1. The van der Waals surface area contributed by atoms with E-state index in [0.717, 1.165) is 28.7 Å². The molecule has 0 saturated heterocycles. The summed E-state index contributed by atoms with van der Waals surface area (Å²) >= 11 is 2.16. The molecule has 1 aliphatic carbocycles. The normalized spacial score (nSPS) is 10.3. The smallest absolute Gasteiger partial charge is 0.0253 e. The van der Waals surface area contributed by atoms with Crippen LogP contribution < -0.4 is 24.8 Å². The molecule has 1 aliphatic rings. The van der Waals surface area contributed by atoms with E-state index in [9.17, 15) is 5.11 Å². The fraction of sp³-hybridized carbons (Fsp3) is 0.0750. The van der Waals surface area contributed by atoms with Crippen LogP contribution in [0.15, 0.2) is 146 Å². The third-order valence-corrected chi connectivity index (χ3v) is 8.16. The first-order chi connectivity index (χ1) is 20.5. The van der Waals surface area contributed by atoms with Crippen LogP contribution >= 0.6 is 0 Å². The second-order valence-electron chi connectivity index (χ2n) is 10.3. The summed E-state index contributed by atoms with van der Waals surface area (Å²) in [6, 6.07) is 52.9. The average molecular weight is 648 g/mol. The van der Waals surface area contributed by atoms with Gasteiger partial charge in [0.2, 0.25) is 0 Å². The van der Waals surface area contributed by atoms with Gasteiger partial charge in [-0.1, -0.05) is 71.8 Å². The number of fused-ring (bicyclic) bond motifs is 3. The standard InChI is InChI=1S/C14H14O.C13H9.C13H10.2ClH.Ti/c1-10-8-11(2)14(13(15)9-10)12-6-4-3-5-7-12;1-3-7-12-10(5-1)9-11-6-2-4-8-13(11)12;1-3-7-12(8-4-1)11-13-9-5-2-6-10-13;;;/h3-9,15H,1-2H3;1-5,7-8H,9H2;1-10H;2*1H;/q;-1;;;;+2/p-2. The van der Waals surface area contributed by atoms with Crippen molar-refractivity contribution < 1.29 is 49.9 Å². The van der Waals surface area contributed by atoms with Gasteiger partial charge in [-0.25, -0.2) is 0 Å². The average Bonchev–Trinajstić information content (AvgIpc) is 3.41. The molecule has 0 amide bonds. The van der Waals surface area contributed by atoms with Gasteiger partial charge in [0.15, 0.2) is 0 Å². The summed E-state index contributed by atoms with van der Waals surface area (Å²) < 4.78 is 1.33. The Hall–Kier alpha value is -3.72. The number of halogens is 2. The van der Waals surface area contributed by atoms with Gasteiger partial charge < -0.3 is 29.9 Å². The van der Waals surface area contributed by atoms with E-state index < -0.39 is 0 Å². The van der Waals surface area contributed by atoms with Gasteiger partial charge in [-0.2, -0.15) is 29.8 Å². The number of aromatic hydroxyl groups is 1. The Morgan fingerprint density at radius 3 is 1.75 bits per heavy atom. The number of phenolic OH excluding ortho intramolecular Hbond substituents is 1. The van der Waals surface area contributed by atoms with E-state index in [-0.39, 0.29) is 24.8 Å². The predicted molar refractivity (Wildman–Crippen MR) is 173 cm³/mol. The molecule has 6 aromatic rings. The fourth-order valence-corrected chi connectivity index (χ4v) is 5.82. The van der Waals surface area contributed by atoms with Crippen molar-refractivity contribution in [1.29, 1.82) is 0 Å². The van der Waals surface area contributed by atoms with Crippen LogP contribution in [-0.4, -0.2) is 8.92 Å². The van der Waals surface area contributed by atoms with E-state index in [1.807, 2.05) is 62.4 Å². The van der Waals surface area contributed by atoms with Gasteiger partial charge >= 0.3 is 95.6 Å². The van der Waals surface area contributed by atoms with Gasteiger partial charge in [0, 0.05) is 5.56 Å². The van der Waals surface area contributed by atoms with Crippen LogP contribution in [0.5, 0.6) is 5.75 Å². The number of phenols is 1. The summed E-state index contributed by atoms with van der Waals surface area (Å²) in [5.74, 6) is 0.360. The molecule has 44 heavy (non-hydrogen) atoms. The molecule has 0 aromatic heterocycles. The SMILES string of the molecule is Cc1cc(C)c(-c2ccccc2)c(O)c1.[Cl-].[Cl-].[Ti+2]=[C](c1ccccc1)c1ccccc1.[c-]1cccc2c1Cc1ccccc1-2. The minimum Gasteiger partial charge on any atom is -0.179 e. The second-order valence-corrected chi connectivity index (χ2v) is 11.1. The predicted octanol–water partition coefficient (Wildman–Crippen LogP) is 3.54. The zero-order valence-electron chi connectivity index (χ0n) is 24.8. The summed E-state index contributed by atoms with van der Waals surface area (Å²) in [5, 5.41) is 9.93. The van der Waals surface area contributed by atoms with Crippen molar-refractivity contribution in [3.8, 4) is 28.0 Å². The van der Waals surface area contributed by atoms with E-state index in [1.54, 1.807) is 6.07 Å². The molecule has 0 fully saturated rings. The molecule has 6 aromatic carbocycles. The molecule has 0 saturated carbocycles. The van der Waals surface area contributed by atoms with Gasteiger partial charge in [-0.05, 0) is 43.0 Å². The molecule has 1 nitrogen and oxygen atoms in total. The second kappa shape index (κ2) is 16.9. The first-order valence-corrected chi connectivity index (χ1v) is 14.9. The summed E-state index contributed by atoms with van der Waals surface area (Å²) in [4.78, 5) is 0. The number of aryl methyl sites for hydroxylation is 2. The monoisotopic (exact) mass is 647 g/mol. The van der Waals surface area contributed by atoms with Crippen molar-refractivity contribution in [3.63, 3.8) is 0 Å². The topological polar surface area (TPSA) is 20.2 Å². The minimum atomic E-state index is 0. The Kier molecular flexibility index (Phi) is 13.4. The maximum Gasteiger partial charge on any atom is -0.0253 e. The molecular formula is C40H33Cl2OTi-. The van der Waals surface area contributed by atoms with E-state index in [0.29, 0.717) is 5.75 Å². The number of hydrogen-bond acceptors (Lipinski definition) is 1. The molecule has 0 heterocycles. The zero-order valence-corrected chi connectivity index (χ0v) is 27.8. The Labute approximate surface area is 285 Å². The van der Waals surface area contributed by atoms with Crippen LogP contribution in [-0.2, 0) is 26.4 Å². The van der Waals surface area contributed by atoms with Gasteiger partial charge in [-0.15, -0.1) is 5.56 Å². The third kappa shape index (κ3) is 8.68. The summed E-state index contributed by atoms with van der Waals surface area (Å²) in [5.41, 5.74) is 12.3. The molecule has 7 rings (SSSR count). The number of benzene rings is 6. The Balaban J connectivity index is 0.000000177. The molecule has 0 unspecified atom stereocenters. The van der Waals surface area contributed by atoms with Gasteiger partial charge in [0.25, 0.3) is 0 Å². The maximum absolute atomic E-state index is 9.93. The van der Waals surface area contributed by atoms with Crippen molar-refractivity contribution in [2.45, 2.75) is 20.3 Å². The van der Waals surface area contributed by atoms with Crippen molar-refractivity contribution in [1.82, 2.24) is 0 Å². The Morgan fingerprint density at radius 1 is 0.636 bits per heavy atom. The minimum absolute atomic E-state index is 0. The van der Waals surface area contributed by atoms with Gasteiger partial charge in [-0.3, -0.25) is 0 Å². The van der Waals surface area contributed by atoms with E-state index >= 15 is 0 Å². The molecule has 0 atom stereocenters. The van der Waals surface area contributed by atoms with Gasteiger partial charge in [0.1, 0.15) is 5.75 Å². The first kappa shape index (κ1) is 34.8. The number of rotatable bonds is 3. The number of hydrogen-bond donors (Lipinski definition) is 1. The fourth-order valence-electron chi connectivity index (χ4n) is 5.30. The molecule has 4 heteroatoms. The molecule has 1 N–H and O–H groups in total. The van der Waals surface area contributed by atoms with Crippen LogP contribution in [0, 0.1) is 19.9 Å². The van der Waals surface area contributed by atoms with Crippen LogP contribution in [0.3, 0.4) is 0 Å². The molecule has 0 radical (unpaired) electrons. The maximum atomic E-state index is 9.93. The van der Waals surface area contributed by atoms with Crippen LogP contribution in [0.4, 0.5) is 0 Å². The molecule has 218 valence electrons. The summed E-state index contributed by atoms with van der Waals surface area (Å²) in [6.45, 7) is 4.01. The van der Waals surface area contributed by atoms with E-state index in [2.05, 4.69) is 117 Å². The van der Waals surface area contributed by atoms with Crippen molar-refractivity contribution in [2.24, 2.45) is 0 Å². The Bertz CT molecular complexity index is 1680. The largest absolute Gasteiger partial charge is 0.179 e. The molecule has 0 bridgehead atoms. The summed E-state index contributed by atoms with van der Waals surface area (Å²) in [6.07, 6.45) is 1.05. The van der Waals surface area contributed by atoms with Gasteiger partial charge in [0.05, 0.1) is 0 Å². The van der Waals surface area contributed by atoms with E-state index in [4.69, 9.17) is 0 Å². The molecule has 0 aliphatic heterocycles. The van der Waals surface area contributed by atoms with Crippen molar-refractivity contribution >= 4 is 3.81 Å². The quantitative estimate of drug-likeness (QED) is 0.230. The molecule has 0 spiro atoms. The zero-order chi connectivity index (χ0) is 29.3. The molecular weight excluding hydrogens is 615 g/mol. The van der Waals surface area contributed by atoms with Crippen LogP contribution in [0.2, 0.25) is 0 Å². The van der Waals surface area contributed by atoms with Crippen LogP contribution in [0.1, 0.15) is 33.4 Å².